The summed E-state index contributed by atoms with van der Waals surface area (Å²) in [5.74, 6) is -0.985. The van der Waals surface area contributed by atoms with Crippen LogP contribution in [-0.4, -0.2) is 41.7 Å². The molecule has 0 aliphatic carbocycles. The van der Waals surface area contributed by atoms with Crippen LogP contribution >= 0.6 is 7.37 Å². The lowest BCUT2D eigenvalue weighted by Crippen LogP contribution is -2.06. The zero-order valence-corrected chi connectivity index (χ0v) is 8.50. The molecule has 0 aromatic carbocycles. The van der Waals surface area contributed by atoms with Gasteiger partial charge in [-0.15, -0.1) is 0 Å². The molecule has 13 heavy (non-hydrogen) atoms. The maximum Gasteiger partial charge on any atom is 0.303 e. The van der Waals surface area contributed by atoms with Crippen molar-refractivity contribution >= 4 is 13.3 Å². The number of hydrogen-bond acceptors (Lipinski definition) is 4. The Labute approximate surface area is 77.2 Å². The minimum atomic E-state index is -2.81. The van der Waals surface area contributed by atoms with E-state index in [4.69, 9.17) is 14.7 Å². The van der Waals surface area contributed by atoms with E-state index in [1.165, 1.54) is 0 Å². The van der Waals surface area contributed by atoms with E-state index in [-0.39, 0.29) is 25.8 Å². The van der Waals surface area contributed by atoms with Crippen molar-refractivity contribution in [2.75, 3.05) is 25.5 Å². The van der Waals surface area contributed by atoms with Crippen molar-refractivity contribution in [2.45, 2.75) is 13.3 Å². The van der Waals surface area contributed by atoms with Gasteiger partial charge in [0.05, 0.1) is 19.6 Å². The van der Waals surface area contributed by atoms with Crippen LogP contribution in [0.1, 0.15) is 13.3 Å². The Kier molecular flexibility index (Phi) is 5.95. The second-order valence-corrected chi connectivity index (χ2v) is 5.52. The molecule has 0 saturated heterocycles. The van der Waals surface area contributed by atoms with E-state index < -0.39 is 13.3 Å². The lowest BCUT2D eigenvalue weighted by molar-refractivity contribution is -0.136. The maximum absolute atomic E-state index is 11.6. The zero-order valence-electron chi connectivity index (χ0n) is 7.60. The fraction of sp³-hybridized carbons (Fsp3) is 0.857. The van der Waals surface area contributed by atoms with Gasteiger partial charge in [-0.05, 0) is 0 Å². The number of carboxylic acid groups (broad SMARTS) is 1. The zero-order chi connectivity index (χ0) is 10.3. The first-order valence-electron chi connectivity index (χ1n) is 4.09. The van der Waals surface area contributed by atoms with Crippen LogP contribution in [0.4, 0.5) is 0 Å². The second-order valence-electron chi connectivity index (χ2n) is 2.55. The quantitative estimate of drug-likeness (QED) is 0.606. The highest BCUT2D eigenvalue weighted by Crippen LogP contribution is 2.46. The van der Waals surface area contributed by atoms with Crippen molar-refractivity contribution in [1.29, 1.82) is 0 Å². The van der Waals surface area contributed by atoms with Gasteiger partial charge in [0.25, 0.3) is 0 Å². The minimum Gasteiger partial charge on any atom is -0.481 e. The van der Waals surface area contributed by atoms with Crippen molar-refractivity contribution in [3.63, 3.8) is 0 Å². The molecule has 1 atom stereocenters. The molecule has 0 bridgehead atoms. The SMILES string of the molecule is CCP(=O)(CCC(=O)O)OCCO. The molecule has 0 spiro atoms. The molecule has 0 amide bonds. The minimum absolute atomic E-state index is 0.00470. The van der Waals surface area contributed by atoms with Gasteiger partial charge in [0.15, 0.2) is 0 Å². The normalized spacial score (nSPS) is 15.2. The predicted molar refractivity (Wildman–Crippen MR) is 48.3 cm³/mol. The summed E-state index contributed by atoms with van der Waals surface area (Å²) in [6.07, 6.45) is 0.190. The molecule has 0 aromatic heterocycles. The third-order valence-corrected chi connectivity index (χ3v) is 4.09. The number of aliphatic hydroxyl groups excluding tert-OH is 1. The van der Waals surface area contributed by atoms with Gasteiger partial charge < -0.3 is 14.7 Å². The van der Waals surface area contributed by atoms with Crippen molar-refractivity contribution < 1.29 is 24.1 Å². The average Bonchev–Trinajstić information content (AvgIpc) is 2.11. The second kappa shape index (κ2) is 6.13. The lowest BCUT2D eigenvalue weighted by atomic mass is 10.5. The summed E-state index contributed by atoms with van der Waals surface area (Å²) >= 11 is 0. The summed E-state index contributed by atoms with van der Waals surface area (Å²) in [7, 11) is -2.81. The summed E-state index contributed by atoms with van der Waals surface area (Å²) in [4.78, 5) is 10.2. The molecular weight excluding hydrogens is 195 g/mol. The number of carboxylic acids is 1. The fourth-order valence-corrected chi connectivity index (χ4v) is 2.36. The Morgan fingerprint density at radius 1 is 1.54 bits per heavy atom. The fourth-order valence-electron chi connectivity index (χ4n) is 0.787. The molecule has 2 N–H and O–H groups in total. The van der Waals surface area contributed by atoms with E-state index in [1.54, 1.807) is 6.92 Å². The third-order valence-electron chi connectivity index (χ3n) is 1.57. The van der Waals surface area contributed by atoms with Crippen LogP contribution in [0.2, 0.25) is 0 Å². The van der Waals surface area contributed by atoms with Crippen LogP contribution in [0, 0.1) is 0 Å². The van der Waals surface area contributed by atoms with E-state index >= 15 is 0 Å². The van der Waals surface area contributed by atoms with Crippen LogP contribution in [0.5, 0.6) is 0 Å². The van der Waals surface area contributed by atoms with Gasteiger partial charge in [0.2, 0.25) is 7.37 Å². The van der Waals surface area contributed by atoms with Gasteiger partial charge >= 0.3 is 5.97 Å². The first-order valence-corrected chi connectivity index (χ1v) is 6.09. The van der Waals surface area contributed by atoms with E-state index in [9.17, 15) is 9.36 Å². The highest BCUT2D eigenvalue weighted by molar-refractivity contribution is 7.58. The van der Waals surface area contributed by atoms with Crippen LogP contribution in [0.3, 0.4) is 0 Å². The third kappa shape index (κ3) is 5.80. The lowest BCUT2D eigenvalue weighted by Gasteiger charge is -2.14. The first-order chi connectivity index (χ1) is 6.04. The van der Waals surface area contributed by atoms with Crippen LogP contribution in [0.25, 0.3) is 0 Å². The predicted octanol–water partition coefficient (Wildman–Crippen LogP) is 0.768. The molecule has 0 saturated carbocycles. The maximum atomic E-state index is 11.6. The van der Waals surface area contributed by atoms with Crippen LogP contribution < -0.4 is 0 Å². The number of carbonyl (C=O) groups is 1. The monoisotopic (exact) mass is 210 g/mol. The molecule has 0 fully saturated rings. The highest BCUT2D eigenvalue weighted by atomic mass is 31.2. The Bertz CT molecular complexity index is 203. The number of rotatable bonds is 7. The van der Waals surface area contributed by atoms with Crippen LogP contribution in [0.15, 0.2) is 0 Å². The molecule has 0 aliphatic heterocycles. The largest absolute Gasteiger partial charge is 0.481 e. The summed E-state index contributed by atoms with van der Waals surface area (Å²) in [6.45, 7) is 1.49. The molecule has 0 aromatic rings. The van der Waals surface area contributed by atoms with Gasteiger partial charge in [-0.3, -0.25) is 9.36 Å². The van der Waals surface area contributed by atoms with E-state index in [0.717, 1.165) is 0 Å². The summed E-state index contributed by atoms with van der Waals surface area (Å²) < 4.78 is 16.6. The van der Waals surface area contributed by atoms with Crippen molar-refractivity contribution in [1.82, 2.24) is 0 Å². The van der Waals surface area contributed by atoms with E-state index in [1.807, 2.05) is 0 Å². The van der Waals surface area contributed by atoms with Crippen molar-refractivity contribution in [3.8, 4) is 0 Å². The molecule has 5 nitrogen and oxygen atoms in total. The van der Waals surface area contributed by atoms with Crippen LogP contribution in [-0.2, 0) is 13.9 Å². The van der Waals surface area contributed by atoms with E-state index in [2.05, 4.69) is 0 Å². The molecule has 0 heterocycles. The van der Waals surface area contributed by atoms with Gasteiger partial charge in [0.1, 0.15) is 0 Å². The average molecular weight is 210 g/mol. The smallest absolute Gasteiger partial charge is 0.303 e. The van der Waals surface area contributed by atoms with Crippen molar-refractivity contribution in [3.05, 3.63) is 0 Å². The molecule has 6 heteroatoms. The summed E-state index contributed by atoms with van der Waals surface area (Å²) in [5, 5.41) is 16.8. The number of aliphatic carboxylic acids is 1. The van der Waals surface area contributed by atoms with Crippen molar-refractivity contribution in [2.24, 2.45) is 0 Å². The Balaban J connectivity index is 3.96. The van der Waals surface area contributed by atoms with Gasteiger partial charge in [-0.25, -0.2) is 0 Å². The molecule has 0 rings (SSSR count). The molecule has 1 unspecified atom stereocenters. The van der Waals surface area contributed by atoms with Gasteiger partial charge in [-0.2, -0.15) is 0 Å². The number of aliphatic hydroxyl groups is 1. The standard InChI is InChI=1S/C7H15O5P/c1-2-13(11,12-5-4-8)6-3-7(9)10/h8H,2-6H2,1H3,(H,9,10). The summed E-state index contributed by atoms with van der Waals surface area (Å²) in [6, 6.07) is 0. The Hall–Kier alpha value is -0.380. The first kappa shape index (κ1) is 12.6. The summed E-state index contributed by atoms with van der Waals surface area (Å²) in [5.41, 5.74) is 0. The van der Waals surface area contributed by atoms with Gasteiger partial charge in [0, 0.05) is 12.3 Å². The molecule has 0 radical (unpaired) electrons. The molecular formula is C7H15O5P. The molecule has 0 aliphatic rings. The van der Waals surface area contributed by atoms with Gasteiger partial charge in [-0.1, -0.05) is 6.92 Å². The van der Waals surface area contributed by atoms with E-state index in [0.29, 0.717) is 6.16 Å². The highest BCUT2D eigenvalue weighted by Gasteiger charge is 2.21. The topological polar surface area (TPSA) is 83.8 Å². The Morgan fingerprint density at radius 3 is 2.54 bits per heavy atom. The number of hydrogen-bond donors (Lipinski definition) is 2. The molecule has 78 valence electrons. The Morgan fingerprint density at radius 2 is 2.15 bits per heavy atom.